The number of amides is 1. The molecule has 0 aliphatic carbocycles. The number of methoxy groups -OCH3 is 1. The van der Waals surface area contributed by atoms with Gasteiger partial charge in [-0.25, -0.2) is 0 Å². The van der Waals surface area contributed by atoms with Crippen LogP contribution in [0, 0.1) is 4.77 Å². The molecule has 0 fully saturated rings. The number of aromatic nitrogens is 2. The van der Waals surface area contributed by atoms with E-state index in [0.29, 0.717) is 39.3 Å². The Kier molecular flexibility index (Phi) is 5.77. The van der Waals surface area contributed by atoms with Crippen molar-refractivity contribution in [3.8, 4) is 17.2 Å². The first-order valence-corrected chi connectivity index (χ1v) is 11.0. The normalized spacial score (nSPS) is 12.0. The number of nitrogens with zero attached hydrogens (tertiary/aromatic N) is 1. The Balaban J connectivity index is 1.32. The third kappa shape index (κ3) is 4.25. The zero-order valence-electron chi connectivity index (χ0n) is 18.3. The molecular weight excluding hydrogens is 454 g/mol. The summed E-state index contributed by atoms with van der Waals surface area (Å²) in [6.45, 7) is 0.780. The molecule has 9 heteroatoms. The molecular formula is C25H21N3O5S. The van der Waals surface area contributed by atoms with E-state index in [1.54, 1.807) is 31.4 Å². The van der Waals surface area contributed by atoms with Gasteiger partial charge in [-0.05, 0) is 53.7 Å². The molecule has 0 atom stereocenters. The van der Waals surface area contributed by atoms with Crippen LogP contribution >= 0.6 is 12.2 Å². The van der Waals surface area contributed by atoms with Gasteiger partial charge in [-0.2, -0.15) is 0 Å². The van der Waals surface area contributed by atoms with Crippen LogP contribution in [-0.2, 0) is 13.1 Å². The van der Waals surface area contributed by atoms with Crippen molar-refractivity contribution in [2.24, 2.45) is 0 Å². The van der Waals surface area contributed by atoms with Crippen molar-refractivity contribution in [1.29, 1.82) is 0 Å². The van der Waals surface area contributed by atoms with Crippen molar-refractivity contribution in [2.75, 3.05) is 13.9 Å². The van der Waals surface area contributed by atoms with Crippen LogP contribution < -0.4 is 25.1 Å². The van der Waals surface area contributed by atoms with E-state index in [9.17, 15) is 9.59 Å². The highest BCUT2D eigenvalue weighted by atomic mass is 32.1. The second-order valence-electron chi connectivity index (χ2n) is 7.80. The standard InChI is InChI=1S/C25H21N3O5S/c1-31-18-4-2-3-16(9-18)12-26-23(29)17-7-5-15(6-8-17)13-28-24(30)19-10-21-22(33-14-32-21)11-20(19)27-25(28)34/h2-11H,12-14H2,1H3,(H,26,29)(H,27,34). The molecule has 0 radical (unpaired) electrons. The Labute approximate surface area is 199 Å². The minimum Gasteiger partial charge on any atom is -0.497 e. The molecule has 0 saturated carbocycles. The summed E-state index contributed by atoms with van der Waals surface area (Å²) in [6, 6.07) is 18.0. The van der Waals surface area contributed by atoms with Crippen molar-refractivity contribution < 1.29 is 19.0 Å². The predicted octanol–water partition coefficient (Wildman–Crippen LogP) is 3.77. The maximum atomic E-state index is 13.1. The average Bonchev–Trinajstić information content (AvgIpc) is 3.32. The van der Waals surface area contributed by atoms with Crippen molar-refractivity contribution >= 4 is 29.0 Å². The minimum absolute atomic E-state index is 0.125. The van der Waals surface area contributed by atoms with Gasteiger partial charge in [0.15, 0.2) is 16.3 Å². The molecule has 1 aliphatic rings. The molecule has 34 heavy (non-hydrogen) atoms. The fourth-order valence-electron chi connectivity index (χ4n) is 3.80. The first-order valence-electron chi connectivity index (χ1n) is 10.6. The number of carbonyl (C=O) groups excluding carboxylic acids is 1. The Morgan fingerprint density at radius 3 is 2.62 bits per heavy atom. The predicted molar refractivity (Wildman–Crippen MR) is 129 cm³/mol. The number of ether oxygens (including phenoxy) is 3. The second kappa shape index (κ2) is 9.03. The molecule has 4 aromatic rings. The van der Waals surface area contributed by atoms with Crippen LogP contribution in [0.3, 0.4) is 0 Å². The first kappa shape index (κ1) is 21.7. The van der Waals surface area contributed by atoms with Gasteiger partial charge < -0.3 is 24.5 Å². The SMILES string of the molecule is COc1cccc(CNC(=O)c2ccc(Cn3c(=S)[nH]c4cc5c(cc4c3=O)OCO5)cc2)c1. The molecule has 1 aliphatic heterocycles. The number of benzene rings is 3. The number of nitrogens with one attached hydrogen (secondary N) is 2. The topological polar surface area (TPSA) is 94.6 Å². The lowest BCUT2D eigenvalue weighted by Gasteiger charge is -2.10. The summed E-state index contributed by atoms with van der Waals surface area (Å²) in [4.78, 5) is 28.7. The summed E-state index contributed by atoms with van der Waals surface area (Å²) in [5.41, 5.74) is 2.67. The van der Waals surface area contributed by atoms with Gasteiger partial charge >= 0.3 is 0 Å². The number of rotatable bonds is 6. The summed E-state index contributed by atoms with van der Waals surface area (Å²) in [5, 5.41) is 3.37. The van der Waals surface area contributed by atoms with Gasteiger partial charge in [-0.1, -0.05) is 24.3 Å². The number of H-pyrrole nitrogens is 1. The van der Waals surface area contributed by atoms with Crippen LogP contribution in [0.5, 0.6) is 17.2 Å². The van der Waals surface area contributed by atoms with Crippen LogP contribution in [-0.4, -0.2) is 29.4 Å². The monoisotopic (exact) mass is 475 g/mol. The summed E-state index contributed by atoms with van der Waals surface area (Å²) in [6.07, 6.45) is 0. The van der Waals surface area contributed by atoms with Gasteiger partial charge in [0.05, 0.1) is 24.6 Å². The molecule has 1 amide bonds. The largest absolute Gasteiger partial charge is 0.497 e. The third-order valence-electron chi connectivity index (χ3n) is 5.62. The fraction of sp³-hybridized carbons (Fsp3) is 0.160. The average molecular weight is 476 g/mol. The molecule has 8 nitrogen and oxygen atoms in total. The number of aromatic amines is 1. The van der Waals surface area contributed by atoms with E-state index in [1.807, 2.05) is 36.4 Å². The van der Waals surface area contributed by atoms with Crippen LogP contribution in [0.1, 0.15) is 21.5 Å². The van der Waals surface area contributed by atoms with Crippen molar-refractivity contribution in [3.05, 3.63) is 92.5 Å². The van der Waals surface area contributed by atoms with Gasteiger partial charge in [0, 0.05) is 18.2 Å². The Bertz CT molecular complexity index is 1510. The molecule has 0 saturated heterocycles. The number of hydrogen-bond donors (Lipinski definition) is 2. The van der Waals surface area contributed by atoms with Crippen molar-refractivity contribution in [3.63, 3.8) is 0 Å². The quantitative estimate of drug-likeness (QED) is 0.412. The van der Waals surface area contributed by atoms with Gasteiger partial charge in [0.2, 0.25) is 6.79 Å². The highest BCUT2D eigenvalue weighted by molar-refractivity contribution is 7.71. The van der Waals surface area contributed by atoms with Gasteiger partial charge in [-0.15, -0.1) is 0 Å². The zero-order chi connectivity index (χ0) is 23.7. The smallest absolute Gasteiger partial charge is 0.262 e. The van der Waals surface area contributed by atoms with Gasteiger partial charge in [-0.3, -0.25) is 14.2 Å². The molecule has 5 rings (SSSR count). The van der Waals surface area contributed by atoms with E-state index in [4.69, 9.17) is 26.4 Å². The molecule has 0 bridgehead atoms. The van der Waals surface area contributed by atoms with Crippen molar-refractivity contribution in [1.82, 2.24) is 14.9 Å². The van der Waals surface area contributed by atoms with E-state index in [1.165, 1.54) is 4.57 Å². The lowest BCUT2D eigenvalue weighted by Crippen LogP contribution is -2.23. The summed E-state index contributed by atoms with van der Waals surface area (Å²) in [5.74, 6) is 1.66. The fourth-order valence-corrected chi connectivity index (χ4v) is 4.05. The zero-order valence-corrected chi connectivity index (χ0v) is 19.1. The van der Waals surface area contributed by atoms with E-state index in [2.05, 4.69) is 10.3 Å². The summed E-state index contributed by atoms with van der Waals surface area (Å²) in [7, 11) is 1.60. The van der Waals surface area contributed by atoms with Gasteiger partial charge in [0.1, 0.15) is 5.75 Å². The molecule has 0 unspecified atom stereocenters. The van der Waals surface area contributed by atoms with Crippen LogP contribution in [0.25, 0.3) is 10.9 Å². The minimum atomic E-state index is -0.225. The molecule has 3 aromatic carbocycles. The molecule has 2 N–H and O–H groups in total. The number of fused-ring (bicyclic) bond motifs is 2. The van der Waals surface area contributed by atoms with Crippen molar-refractivity contribution in [2.45, 2.75) is 13.1 Å². The highest BCUT2D eigenvalue weighted by Crippen LogP contribution is 2.34. The Morgan fingerprint density at radius 1 is 1.09 bits per heavy atom. The van der Waals surface area contributed by atoms with E-state index < -0.39 is 0 Å². The molecule has 172 valence electrons. The number of carbonyl (C=O) groups is 1. The maximum Gasteiger partial charge on any atom is 0.262 e. The van der Waals surface area contributed by atoms with Gasteiger partial charge in [0.25, 0.3) is 11.5 Å². The summed E-state index contributed by atoms with van der Waals surface area (Å²) < 4.78 is 17.8. The van der Waals surface area contributed by atoms with E-state index >= 15 is 0 Å². The third-order valence-corrected chi connectivity index (χ3v) is 5.94. The molecule has 2 heterocycles. The maximum absolute atomic E-state index is 13.1. The molecule has 0 spiro atoms. The first-order chi connectivity index (χ1) is 16.5. The number of hydrogen-bond acceptors (Lipinski definition) is 6. The van der Waals surface area contributed by atoms with Crippen LogP contribution in [0.4, 0.5) is 0 Å². The lowest BCUT2D eigenvalue weighted by atomic mass is 10.1. The second-order valence-corrected chi connectivity index (χ2v) is 8.19. The summed E-state index contributed by atoms with van der Waals surface area (Å²) >= 11 is 5.42. The Hall–Kier alpha value is -4.11. The van der Waals surface area contributed by atoms with E-state index in [-0.39, 0.29) is 24.8 Å². The van der Waals surface area contributed by atoms with Crippen LogP contribution in [0.2, 0.25) is 0 Å². The Morgan fingerprint density at radius 2 is 1.85 bits per heavy atom. The highest BCUT2D eigenvalue weighted by Gasteiger charge is 2.17. The van der Waals surface area contributed by atoms with E-state index in [0.717, 1.165) is 16.9 Å². The van der Waals surface area contributed by atoms with Crippen LogP contribution in [0.15, 0.2) is 65.5 Å². The lowest BCUT2D eigenvalue weighted by molar-refractivity contribution is 0.0951. The molecule has 1 aromatic heterocycles.